The first kappa shape index (κ1) is 6.21. The molecule has 0 spiro atoms. The van der Waals surface area contributed by atoms with Gasteiger partial charge in [0, 0.05) is 0 Å². The van der Waals surface area contributed by atoms with Crippen LogP contribution in [0.4, 0.5) is 0 Å². The Morgan fingerprint density at radius 1 is 1.57 bits per heavy atom. The molecular formula is C5H9NO. The highest BCUT2D eigenvalue weighted by molar-refractivity contribution is 5.96. The van der Waals surface area contributed by atoms with Gasteiger partial charge in [-0.25, -0.2) is 0 Å². The Bertz CT molecular complexity index is 105. The second kappa shape index (κ2) is 2.39. The molecule has 0 atom stereocenters. The molecule has 0 aromatic carbocycles. The molecule has 0 radical (unpaired) electrons. The number of hydrogen-bond acceptors (Lipinski definition) is 2. The topological polar surface area (TPSA) is 32.6 Å². The summed E-state index contributed by atoms with van der Waals surface area (Å²) in [6, 6.07) is 0. The minimum absolute atomic E-state index is 0.583. The van der Waals surface area contributed by atoms with E-state index in [-0.39, 0.29) is 0 Å². The van der Waals surface area contributed by atoms with Crippen LogP contribution < -0.4 is 0 Å². The van der Waals surface area contributed by atoms with E-state index in [1.807, 2.05) is 0 Å². The molecule has 0 aliphatic carbocycles. The van der Waals surface area contributed by atoms with E-state index >= 15 is 0 Å². The van der Waals surface area contributed by atoms with Crippen LogP contribution >= 0.6 is 0 Å². The fraction of sp³-hybridized carbons (Fsp3) is 0.400. The molecule has 0 aromatic rings. The smallest absolute Gasteiger partial charge is 0.0787 e. The summed E-state index contributed by atoms with van der Waals surface area (Å²) in [5.41, 5.74) is 1.38. The lowest BCUT2D eigenvalue weighted by atomic mass is 10.2. The fourth-order valence-corrected chi connectivity index (χ4v) is 0.0854. The standard InChI is InChI=1S/C5H9NO/c1-4(2)5(3)6-7/h7H,1H2,2-3H3. The SMILES string of the molecule is C=C(C)C(C)=NO. The van der Waals surface area contributed by atoms with Gasteiger partial charge in [-0.3, -0.25) is 0 Å². The molecule has 0 saturated carbocycles. The van der Waals surface area contributed by atoms with Crippen molar-refractivity contribution in [3.8, 4) is 0 Å². The molecule has 0 saturated heterocycles. The Morgan fingerprint density at radius 3 is 2.00 bits per heavy atom. The van der Waals surface area contributed by atoms with Crippen molar-refractivity contribution in [2.75, 3.05) is 0 Å². The number of nitrogens with zero attached hydrogens (tertiary/aromatic N) is 1. The van der Waals surface area contributed by atoms with Crippen molar-refractivity contribution in [2.45, 2.75) is 13.8 Å². The Morgan fingerprint density at radius 2 is 2.00 bits per heavy atom. The van der Waals surface area contributed by atoms with E-state index in [1.54, 1.807) is 13.8 Å². The Balaban J connectivity index is 3.82. The van der Waals surface area contributed by atoms with Gasteiger partial charge in [0.1, 0.15) is 0 Å². The first-order valence-corrected chi connectivity index (χ1v) is 2.03. The summed E-state index contributed by atoms with van der Waals surface area (Å²) < 4.78 is 0. The maximum absolute atomic E-state index is 8.03. The summed E-state index contributed by atoms with van der Waals surface area (Å²) >= 11 is 0. The zero-order valence-electron chi connectivity index (χ0n) is 4.60. The average molecular weight is 99.1 g/mol. The second-order valence-corrected chi connectivity index (χ2v) is 1.47. The van der Waals surface area contributed by atoms with Gasteiger partial charge < -0.3 is 5.21 Å². The zero-order chi connectivity index (χ0) is 5.86. The minimum Gasteiger partial charge on any atom is -0.411 e. The van der Waals surface area contributed by atoms with Crippen molar-refractivity contribution >= 4 is 5.71 Å². The van der Waals surface area contributed by atoms with Crippen LogP contribution in [0.3, 0.4) is 0 Å². The summed E-state index contributed by atoms with van der Waals surface area (Å²) in [7, 11) is 0. The Labute approximate surface area is 43.2 Å². The molecule has 1 N–H and O–H groups in total. The van der Waals surface area contributed by atoms with E-state index in [9.17, 15) is 0 Å². The molecule has 0 rings (SSSR count). The predicted octanol–water partition coefficient (Wildman–Crippen LogP) is 1.41. The molecule has 0 amide bonds. The van der Waals surface area contributed by atoms with Gasteiger partial charge in [0.2, 0.25) is 0 Å². The minimum atomic E-state index is 0.583. The van der Waals surface area contributed by atoms with E-state index in [2.05, 4.69) is 11.7 Å². The summed E-state index contributed by atoms with van der Waals surface area (Å²) in [4.78, 5) is 0. The van der Waals surface area contributed by atoms with Crippen LogP contribution in [0, 0.1) is 0 Å². The van der Waals surface area contributed by atoms with Gasteiger partial charge in [-0.15, -0.1) is 0 Å². The molecule has 2 nitrogen and oxygen atoms in total. The lowest BCUT2D eigenvalue weighted by molar-refractivity contribution is 0.319. The first-order valence-electron chi connectivity index (χ1n) is 2.03. The normalized spacial score (nSPS) is 11.4. The number of rotatable bonds is 1. The maximum atomic E-state index is 8.03. The highest BCUT2D eigenvalue weighted by Crippen LogP contribution is 1.88. The molecular weight excluding hydrogens is 90.1 g/mol. The van der Waals surface area contributed by atoms with Crippen LogP contribution in [0.1, 0.15) is 13.8 Å². The largest absolute Gasteiger partial charge is 0.411 e. The Kier molecular flexibility index (Phi) is 2.12. The van der Waals surface area contributed by atoms with Crippen LogP contribution in [0.15, 0.2) is 17.3 Å². The quantitative estimate of drug-likeness (QED) is 0.301. The van der Waals surface area contributed by atoms with Gasteiger partial charge >= 0.3 is 0 Å². The predicted molar refractivity (Wildman–Crippen MR) is 29.7 cm³/mol. The molecule has 40 valence electrons. The highest BCUT2D eigenvalue weighted by atomic mass is 16.4. The van der Waals surface area contributed by atoms with Gasteiger partial charge in [-0.1, -0.05) is 11.7 Å². The first-order chi connectivity index (χ1) is 3.18. The molecule has 0 aliphatic heterocycles. The van der Waals surface area contributed by atoms with Crippen molar-refractivity contribution < 1.29 is 5.21 Å². The average Bonchev–Trinajstić information content (AvgIpc) is 1.65. The molecule has 0 bridgehead atoms. The van der Waals surface area contributed by atoms with Gasteiger partial charge in [0.05, 0.1) is 5.71 Å². The van der Waals surface area contributed by atoms with Crippen molar-refractivity contribution in [1.82, 2.24) is 0 Å². The van der Waals surface area contributed by atoms with Crippen molar-refractivity contribution in [3.05, 3.63) is 12.2 Å². The van der Waals surface area contributed by atoms with Crippen LogP contribution in [-0.2, 0) is 0 Å². The molecule has 0 aliphatic rings. The van der Waals surface area contributed by atoms with Crippen molar-refractivity contribution in [3.63, 3.8) is 0 Å². The van der Waals surface area contributed by atoms with E-state index in [1.165, 1.54) is 0 Å². The highest BCUT2D eigenvalue weighted by Gasteiger charge is 1.86. The number of oxime groups is 1. The summed E-state index contributed by atoms with van der Waals surface area (Å²) in [5.74, 6) is 0. The van der Waals surface area contributed by atoms with E-state index in [4.69, 9.17) is 5.21 Å². The van der Waals surface area contributed by atoms with E-state index in [0.29, 0.717) is 5.71 Å². The third kappa shape index (κ3) is 1.98. The van der Waals surface area contributed by atoms with Gasteiger partial charge in [-0.2, -0.15) is 0 Å². The summed E-state index contributed by atoms with van der Waals surface area (Å²) in [6.45, 7) is 7.02. The summed E-state index contributed by atoms with van der Waals surface area (Å²) in [5, 5.41) is 10.9. The van der Waals surface area contributed by atoms with E-state index < -0.39 is 0 Å². The second-order valence-electron chi connectivity index (χ2n) is 1.47. The number of allylic oxidation sites excluding steroid dienone is 1. The third-order valence-corrected chi connectivity index (χ3v) is 0.768. The number of hydrogen-bond donors (Lipinski definition) is 1. The molecule has 0 heterocycles. The third-order valence-electron chi connectivity index (χ3n) is 0.768. The van der Waals surface area contributed by atoms with Crippen molar-refractivity contribution in [2.24, 2.45) is 5.16 Å². The fourth-order valence-electron chi connectivity index (χ4n) is 0.0854. The van der Waals surface area contributed by atoms with Gasteiger partial charge in [0.15, 0.2) is 0 Å². The van der Waals surface area contributed by atoms with E-state index in [0.717, 1.165) is 5.57 Å². The maximum Gasteiger partial charge on any atom is 0.0787 e. The lowest BCUT2D eigenvalue weighted by Crippen LogP contribution is -1.88. The van der Waals surface area contributed by atoms with Crippen LogP contribution in [0.2, 0.25) is 0 Å². The zero-order valence-corrected chi connectivity index (χ0v) is 4.60. The summed E-state index contributed by atoms with van der Waals surface area (Å²) in [6.07, 6.45) is 0. The molecule has 2 heteroatoms. The van der Waals surface area contributed by atoms with Crippen molar-refractivity contribution in [1.29, 1.82) is 0 Å². The molecule has 7 heavy (non-hydrogen) atoms. The Hall–Kier alpha value is -0.790. The van der Waals surface area contributed by atoms with Crippen LogP contribution in [-0.4, -0.2) is 10.9 Å². The van der Waals surface area contributed by atoms with Crippen LogP contribution in [0.25, 0.3) is 0 Å². The van der Waals surface area contributed by atoms with Crippen LogP contribution in [0.5, 0.6) is 0 Å². The lowest BCUT2D eigenvalue weighted by Gasteiger charge is -1.88. The van der Waals surface area contributed by atoms with Gasteiger partial charge in [-0.05, 0) is 19.4 Å². The molecule has 0 unspecified atom stereocenters. The molecule has 0 fully saturated rings. The monoisotopic (exact) mass is 99.1 g/mol. The molecule has 0 aromatic heterocycles. The van der Waals surface area contributed by atoms with Gasteiger partial charge in [0.25, 0.3) is 0 Å².